The minimum Gasteiger partial charge on any atom is -0.351 e. The van der Waals surface area contributed by atoms with Gasteiger partial charge in [0, 0.05) is 12.2 Å². The number of rotatable bonds is 7. The van der Waals surface area contributed by atoms with E-state index < -0.39 is 0 Å². The van der Waals surface area contributed by atoms with Crippen LogP contribution in [-0.2, 0) is 9.59 Å². The lowest BCUT2D eigenvalue weighted by molar-refractivity contribution is -0.862. The van der Waals surface area contributed by atoms with Gasteiger partial charge in [0.25, 0.3) is 11.8 Å². The van der Waals surface area contributed by atoms with Crippen LogP contribution in [0.25, 0.3) is 0 Å². The van der Waals surface area contributed by atoms with Crippen molar-refractivity contribution < 1.29 is 14.5 Å². The molecule has 1 unspecified atom stereocenters. The van der Waals surface area contributed by atoms with Gasteiger partial charge in [-0.1, -0.05) is 37.0 Å². The van der Waals surface area contributed by atoms with Crippen LogP contribution in [0.2, 0.25) is 10.0 Å². The number of carbonyl (C=O) groups is 2. The first-order valence-electron chi connectivity index (χ1n) is 7.10. The summed E-state index contributed by atoms with van der Waals surface area (Å²) in [6, 6.07) is 4.89. The molecule has 0 saturated heterocycles. The van der Waals surface area contributed by atoms with Gasteiger partial charge in [0.1, 0.15) is 0 Å². The van der Waals surface area contributed by atoms with E-state index in [1.54, 1.807) is 25.2 Å². The number of nitrogens with one attached hydrogen (secondary N) is 3. The summed E-state index contributed by atoms with van der Waals surface area (Å²) < 4.78 is 0. The zero-order valence-electron chi connectivity index (χ0n) is 13.0. The molecule has 1 rings (SSSR count). The van der Waals surface area contributed by atoms with Crippen LogP contribution >= 0.6 is 23.2 Å². The van der Waals surface area contributed by atoms with E-state index in [-0.39, 0.29) is 24.9 Å². The van der Waals surface area contributed by atoms with Gasteiger partial charge in [0.05, 0.1) is 17.1 Å². The van der Waals surface area contributed by atoms with Gasteiger partial charge in [-0.3, -0.25) is 9.59 Å². The van der Waals surface area contributed by atoms with Gasteiger partial charge in [-0.05, 0) is 24.1 Å². The zero-order valence-corrected chi connectivity index (χ0v) is 14.5. The normalized spacial score (nSPS) is 12.1. The molecule has 2 amide bonds. The molecular weight excluding hydrogens is 325 g/mol. The lowest BCUT2D eigenvalue weighted by Gasteiger charge is -2.14. The maximum absolute atomic E-state index is 11.9. The van der Waals surface area contributed by atoms with Crippen molar-refractivity contribution in [1.82, 2.24) is 5.32 Å². The van der Waals surface area contributed by atoms with E-state index in [1.165, 1.54) is 0 Å². The molecule has 122 valence electrons. The minimum absolute atomic E-state index is 0.0615. The molecule has 0 aliphatic heterocycles. The molecule has 7 heteroatoms. The molecule has 1 aromatic rings. The summed E-state index contributed by atoms with van der Waals surface area (Å²) in [5.74, 6) is 0.156. The van der Waals surface area contributed by atoms with Gasteiger partial charge in [0.15, 0.2) is 13.1 Å². The number of amides is 2. The summed E-state index contributed by atoms with van der Waals surface area (Å²) in [6.07, 6.45) is 0. The predicted molar refractivity (Wildman–Crippen MR) is 89.6 cm³/mol. The number of benzene rings is 1. The lowest BCUT2D eigenvalue weighted by atomic mass is 10.2. The van der Waals surface area contributed by atoms with Gasteiger partial charge in [-0.25, -0.2) is 0 Å². The van der Waals surface area contributed by atoms with Crippen LogP contribution in [0.4, 0.5) is 5.69 Å². The van der Waals surface area contributed by atoms with Crippen LogP contribution in [0.1, 0.15) is 13.8 Å². The van der Waals surface area contributed by atoms with Crippen molar-refractivity contribution >= 4 is 40.7 Å². The summed E-state index contributed by atoms with van der Waals surface area (Å²) in [7, 11) is 1.80. The first kappa shape index (κ1) is 18.7. The number of hydrogen-bond donors (Lipinski definition) is 3. The smallest absolute Gasteiger partial charge is 0.279 e. The lowest BCUT2D eigenvalue weighted by Crippen LogP contribution is -3.11. The molecule has 5 nitrogen and oxygen atoms in total. The molecule has 3 N–H and O–H groups in total. The van der Waals surface area contributed by atoms with Crippen LogP contribution in [0, 0.1) is 5.92 Å². The molecule has 1 aromatic carbocycles. The van der Waals surface area contributed by atoms with Crippen LogP contribution in [-0.4, -0.2) is 38.5 Å². The largest absolute Gasteiger partial charge is 0.351 e. The molecule has 0 aliphatic rings. The highest BCUT2D eigenvalue weighted by atomic mass is 35.5. The summed E-state index contributed by atoms with van der Waals surface area (Å²) in [6.45, 7) is 5.14. The van der Waals surface area contributed by atoms with Crippen LogP contribution in [0.15, 0.2) is 18.2 Å². The van der Waals surface area contributed by atoms with Crippen molar-refractivity contribution in [3.05, 3.63) is 28.2 Å². The van der Waals surface area contributed by atoms with Gasteiger partial charge in [-0.15, -0.1) is 0 Å². The molecule has 0 fully saturated rings. The fourth-order valence-electron chi connectivity index (χ4n) is 1.77. The quantitative estimate of drug-likeness (QED) is 0.695. The Balaban J connectivity index is 2.40. The molecule has 0 spiro atoms. The van der Waals surface area contributed by atoms with E-state index in [0.717, 1.165) is 4.90 Å². The average molecular weight is 347 g/mol. The van der Waals surface area contributed by atoms with E-state index >= 15 is 0 Å². The number of carbonyl (C=O) groups excluding carboxylic acids is 2. The SMILES string of the molecule is CC(C)CNC(=O)C[NH+](C)CC(=O)Nc1ccc(Cl)c(Cl)c1. The molecule has 0 bridgehead atoms. The number of quaternary nitrogens is 1. The van der Waals surface area contributed by atoms with Crippen LogP contribution in [0.3, 0.4) is 0 Å². The zero-order chi connectivity index (χ0) is 16.7. The maximum atomic E-state index is 11.9. The molecule has 0 heterocycles. The molecule has 1 atom stereocenters. The first-order chi connectivity index (χ1) is 10.3. The second kappa shape index (κ2) is 8.98. The molecule has 22 heavy (non-hydrogen) atoms. The molecule has 0 saturated carbocycles. The first-order valence-corrected chi connectivity index (χ1v) is 7.86. The van der Waals surface area contributed by atoms with Crippen LogP contribution in [0.5, 0.6) is 0 Å². The topological polar surface area (TPSA) is 62.6 Å². The van der Waals surface area contributed by atoms with Gasteiger partial charge in [-0.2, -0.15) is 0 Å². The Morgan fingerprint density at radius 1 is 1.14 bits per heavy atom. The van der Waals surface area contributed by atoms with E-state index in [2.05, 4.69) is 10.6 Å². The number of likely N-dealkylation sites (N-methyl/N-ethyl adjacent to an activating group) is 1. The Bertz CT molecular complexity index is 536. The third-order valence-corrected chi connectivity index (χ3v) is 3.57. The van der Waals surface area contributed by atoms with E-state index in [0.29, 0.717) is 28.2 Å². The summed E-state index contributed by atoms with van der Waals surface area (Å²) in [5.41, 5.74) is 0.580. The fraction of sp³-hybridized carbons (Fsp3) is 0.467. The standard InChI is InChI=1S/C15H21Cl2N3O2/c1-10(2)7-18-14(21)8-20(3)9-15(22)19-11-4-5-12(16)13(17)6-11/h4-6,10H,7-9H2,1-3H3,(H,18,21)(H,19,22)/p+1. The second-order valence-electron chi connectivity index (χ2n) is 5.69. The van der Waals surface area contributed by atoms with Crippen molar-refractivity contribution in [2.45, 2.75) is 13.8 Å². The maximum Gasteiger partial charge on any atom is 0.279 e. The monoisotopic (exact) mass is 346 g/mol. The second-order valence-corrected chi connectivity index (χ2v) is 6.50. The highest BCUT2D eigenvalue weighted by Crippen LogP contribution is 2.24. The highest BCUT2D eigenvalue weighted by molar-refractivity contribution is 6.42. The number of anilines is 1. The summed E-state index contributed by atoms with van der Waals surface area (Å²) >= 11 is 11.7. The highest BCUT2D eigenvalue weighted by Gasteiger charge is 2.14. The Hall–Kier alpha value is -1.30. The van der Waals surface area contributed by atoms with Gasteiger partial charge < -0.3 is 15.5 Å². The van der Waals surface area contributed by atoms with Crippen LogP contribution < -0.4 is 15.5 Å². The van der Waals surface area contributed by atoms with Gasteiger partial charge in [0.2, 0.25) is 0 Å². The number of hydrogen-bond acceptors (Lipinski definition) is 2. The minimum atomic E-state index is -0.187. The van der Waals surface area contributed by atoms with Crippen molar-refractivity contribution in [3.63, 3.8) is 0 Å². The average Bonchev–Trinajstić information content (AvgIpc) is 2.40. The van der Waals surface area contributed by atoms with Crippen molar-refractivity contribution in [3.8, 4) is 0 Å². The predicted octanol–water partition coefficient (Wildman–Crippen LogP) is 1.22. The van der Waals surface area contributed by atoms with Crippen molar-refractivity contribution in [2.75, 3.05) is 32.0 Å². The van der Waals surface area contributed by atoms with Gasteiger partial charge >= 0.3 is 0 Å². The summed E-state index contributed by atoms with van der Waals surface area (Å²) in [4.78, 5) is 24.4. The van der Waals surface area contributed by atoms with Crippen molar-refractivity contribution in [1.29, 1.82) is 0 Å². The molecule has 0 aliphatic carbocycles. The van der Waals surface area contributed by atoms with E-state index in [1.807, 2.05) is 13.8 Å². The molecular formula is C15H22Cl2N3O2+. The van der Waals surface area contributed by atoms with Crippen molar-refractivity contribution in [2.24, 2.45) is 5.92 Å². The Morgan fingerprint density at radius 2 is 1.77 bits per heavy atom. The number of halogens is 2. The van der Waals surface area contributed by atoms with E-state index in [9.17, 15) is 9.59 Å². The third-order valence-electron chi connectivity index (χ3n) is 2.84. The summed E-state index contributed by atoms with van der Waals surface area (Å²) in [5, 5.41) is 6.37. The Labute approximate surface area is 141 Å². The molecule has 0 aromatic heterocycles. The molecule has 0 radical (unpaired) electrons. The third kappa shape index (κ3) is 7.11. The van der Waals surface area contributed by atoms with E-state index in [4.69, 9.17) is 23.2 Å². The fourth-order valence-corrected chi connectivity index (χ4v) is 2.07. The Kier molecular flexibility index (Phi) is 7.65. The Morgan fingerprint density at radius 3 is 2.36 bits per heavy atom.